The number of imidazole rings is 1. The summed E-state index contributed by atoms with van der Waals surface area (Å²) in [4.78, 5) is 8.32. The third kappa shape index (κ3) is 2.19. The van der Waals surface area contributed by atoms with Gasteiger partial charge in [-0.25, -0.2) is 4.98 Å². The molecule has 106 valence electrons. The minimum Gasteiger partial charge on any atom is -0.338 e. The average Bonchev–Trinajstić information content (AvgIpc) is 2.90. The van der Waals surface area contributed by atoms with Crippen LogP contribution in [0.1, 0.15) is 16.7 Å². The number of H-pyrrole nitrogens is 1. The monoisotopic (exact) mass is 341 g/mol. The number of aromatic nitrogens is 2. The quantitative estimate of drug-likeness (QED) is 0.703. The molecular formula is C17H16BrN3. The Hall–Kier alpha value is -1.65. The number of aromatic amines is 1. The molecule has 0 bridgehead atoms. The number of fused-ring (bicyclic) bond motifs is 2. The lowest BCUT2D eigenvalue weighted by Crippen LogP contribution is -2.24. The molecule has 2 heterocycles. The predicted molar refractivity (Wildman–Crippen MR) is 89.4 cm³/mol. The first kappa shape index (κ1) is 13.0. The lowest BCUT2D eigenvalue weighted by molar-refractivity contribution is 0.644. The second kappa shape index (κ2) is 4.97. The molecule has 1 aromatic heterocycles. The van der Waals surface area contributed by atoms with E-state index in [0.717, 1.165) is 40.8 Å². The van der Waals surface area contributed by atoms with Crippen LogP contribution < -0.4 is 5.32 Å². The van der Waals surface area contributed by atoms with Crippen LogP contribution in [0.15, 0.2) is 34.8 Å². The summed E-state index contributed by atoms with van der Waals surface area (Å²) in [6, 6.07) is 10.7. The third-order valence-electron chi connectivity index (χ3n) is 4.14. The van der Waals surface area contributed by atoms with Crippen molar-refractivity contribution < 1.29 is 0 Å². The molecule has 0 aliphatic carbocycles. The van der Waals surface area contributed by atoms with Crippen LogP contribution in [0.25, 0.3) is 22.4 Å². The lowest BCUT2D eigenvalue weighted by atomic mass is 9.95. The van der Waals surface area contributed by atoms with Gasteiger partial charge in [0.15, 0.2) is 0 Å². The number of benzene rings is 2. The summed E-state index contributed by atoms with van der Waals surface area (Å²) in [5.74, 6) is 0.977. The summed E-state index contributed by atoms with van der Waals surface area (Å²) < 4.78 is 1.09. The summed E-state index contributed by atoms with van der Waals surface area (Å²) in [5.41, 5.74) is 7.38. The molecule has 2 N–H and O–H groups in total. The maximum Gasteiger partial charge on any atom is 0.138 e. The van der Waals surface area contributed by atoms with Crippen molar-refractivity contribution in [2.45, 2.75) is 19.9 Å². The fourth-order valence-electron chi connectivity index (χ4n) is 3.13. The van der Waals surface area contributed by atoms with Crippen molar-refractivity contribution in [3.05, 3.63) is 51.5 Å². The zero-order chi connectivity index (χ0) is 14.4. The Bertz CT molecular complexity index is 835. The summed E-state index contributed by atoms with van der Waals surface area (Å²) in [5, 5.41) is 3.43. The van der Waals surface area contributed by atoms with Gasteiger partial charge in [0, 0.05) is 16.6 Å². The number of aryl methyl sites for hydroxylation is 1. The van der Waals surface area contributed by atoms with Gasteiger partial charge in [-0.05, 0) is 48.7 Å². The molecule has 0 radical (unpaired) electrons. The molecule has 2 aromatic carbocycles. The Labute approximate surface area is 131 Å². The molecule has 0 spiro atoms. The van der Waals surface area contributed by atoms with Crippen molar-refractivity contribution in [1.82, 2.24) is 15.3 Å². The van der Waals surface area contributed by atoms with Crippen molar-refractivity contribution in [1.29, 1.82) is 0 Å². The average molecular weight is 342 g/mol. The number of hydrogen-bond acceptors (Lipinski definition) is 2. The fraction of sp³-hybridized carbons (Fsp3) is 0.235. The van der Waals surface area contributed by atoms with E-state index in [1.807, 2.05) is 0 Å². The van der Waals surface area contributed by atoms with Gasteiger partial charge in [-0.2, -0.15) is 0 Å². The van der Waals surface area contributed by atoms with Crippen molar-refractivity contribution >= 4 is 27.0 Å². The second-order valence-corrected chi connectivity index (χ2v) is 6.49. The molecule has 4 heteroatoms. The van der Waals surface area contributed by atoms with Gasteiger partial charge >= 0.3 is 0 Å². The van der Waals surface area contributed by atoms with Crippen LogP contribution in [0.5, 0.6) is 0 Å². The minimum absolute atomic E-state index is 0.952. The maximum absolute atomic E-state index is 4.83. The van der Waals surface area contributed by atoms with E-state index in [9.17, 15) is 0 Å². The molecule has 0 fully saturated rings. The van der Waals surface area contributed by atoms with Gasteiger partial charge in [-0.3, -0.25) is 0 Å². The van der Waals surface area contributed by atoms with Gasteiger partial charge in [0.25, 0.3) is 0 Å². The standard InChI is InChI=1S/C17H16BrN3/c1-10-7-12(18)8-15-16(10)21-17(20-15)14-4-2-3-11-9-19-6-5-13(11)14/h2-4,7-8,19H,5-6,9H2,1H3,(H,20,21). The second-order valence-electron chi connectivity index (χ2n) is 5.57. The van der Waals surface area contributed by atoms with Gasteiger partial charge in [0.1, 0.15) is 5.82 Å². The van der Waals surface area contributed by atoms with Crippen LogP contribution in [0.3, 0.4) is 0 Å². The maximum atomic E-state index is 4.83. The van der Waals surface area contributed by atoms with Crippen molar-refractivity contribution in [2.24, 2.45) is 0 Å². The van der Waals surface area contributed by atoms with Crippen LogP contribution in [-0.4, -0.2) is 16.5 Å². The van der Waals surface area contributed by atoms with Gasteiger partial charge in [-0.1, -0.05) is 34.1 Å². The number of rotatable bonds is 1. The van der Waals surface area contributed by atoms with Crippen LogP contribution in [0, 0.1) is 6.92 Å². The van der Waals surface area contributed by atoms with Crippen molar-refractivity contribution in [3.63, 3.8) is 0 Å². The molecule has 21 heavy (non-hydrogen) atoms. The SMILES string of the molecule is Cc1cc(Br)cc2[nH]c(-c3cccc4c3CCNC4)nc12. The van der Waals surface area contributed by atoms with Crippen LogP contribution >= 0.6 is 15.9 Å². The van der Waals surface area contributed by atoms with Crippen LogP contribution in [0.2, 0.25) is 0 Å². The van der Waals surface area contributed by atoms with Crippen molar-refractivity contribution in [2.75, 3.05) is 6.54 Å². The molecule has 0 amide bonds. The predicted octanol–water partition coefficient (Wildman–Crippen LogP) is 3.95. The Balaban J connectivity index is 1.93. The van der Waals surface area contributed by atoms with Gasteiger partial charge in [-0.15, -0.1) is 0 Å². The summed E-state index contributed by atoms with van der Waals surface area (Å²) in [6.45, 7) is 4.09. The highest BCUT2D eigenvalue weighted by Crippen LogP contribution is 2.30. The van der Waals surface area contributed by atoms with Crippen LogP contribution in [0.4, 0.5) is 0 Å². The zero-order valence-corrected chi connectivity index (χ0v) is 13.4. The van der Waals surface area contributed by atoms with E-state index in [0.29, 0.717) is 0 Å². The molecule has 0 unspecified atom stereocenters. The molecule has 1 aliphatic rings. The Morgan fingerprint density at radius 1 is 1.24 bits per heavy atom. The largest absolute Gasteiger partial charge is 0.338 e. The summed E-state index contributed by atoms with van der Waals surface area (Å²) >= 11 is 3.55. The highest BCUT2D eigenvalue weighted by Gasteiger charge is 2.16. The first-order valence-corrected chi connectivity index (χ1v) is 7.99. The number of halogens is 1. The number of hydrogen-bond donors (Lipinski definition) is 2. The first-order chi connectivity index (χ1) is 10.2. The van der Waals surface area contributed by atoms with E-state index in [-0.39, 0.29) is 0 Å². The lowest BCUT2D eigenvalue weighted by Gasteiger charge is -2.19. The molecular weight excluding hydrogens is 326 g/mol. The minimum atomic E-state index is 0.952. The van der Waals surface area contributed by atoms with E-state index in [2.05, 4.69) is 63.5 Å². The Morgan fingerprint density at radius 2 is 2.14 bits per heavy atom. The van der Waals surface area contributed by atoms with Crippen LogP contribution in [-0.2, 0) is 13.0 Å². The number of nitrogens with one attached hydrogen (secondary N) is 2. The Kier molecular flexibility index (Phi) is 3.08. The smallest absolute Gasteiger partial charge is 0.138 e. The zero-order valence-electron chi connectivity index (χ0n) is 11.8. The van der Waals surface area contributed by atoms with Gasteiger partial charge in [0.2, 0.25) is 0 Å². The van der Waals surface area contributed by atoms with E-state index in [4.69, 9.17) is 4.98 Å². The summed E-state index contributed by atoms with van der Waals surface area (Å²) in [6.07, 6.45) is 1.06. The van der Waals surface area contributed by atoms with Gasteiger partial charge in [0.05, 0.1) is 11.0 Å². The van der Waals surface area contributed by atoms with Gasteiger partial charge < -0.3 is 10.3 Å². The normalized spacial score (nSPS) is 14.4. The van der Waals surface area contributed by atoms with E-state index < -0.39 is 0 Å². The molecule has 0 atom stereocenters. The molecule has 4 rings (SSSR count). The molecule has 3 aromatic rings. The molecule has 0 saturated heterocycles. The fourth-order valence-corrected chi connectivity index (χ4v) is 3.70. The first-order valence-electron chi connectivity index (χ1n) is 7.20. The molecule has 1 aliphatic heterocycles. The molecule has 3 nitrogen and oxygen atoms in total. The summed E-state index contributed by atoms with van der Waals surface area (Å²) in [7, 11) is 0. The highest BCUT2D eigenvalue weighted by atomic mass is 79.9. The topological polar surface area (TPSA) is 40.7 Å². The van der Waals surface area contributed by atoms with E-state index >= 15 is 0 Å². The molecule has 0 saturated carbocycles. The Morgan fingerprint density at radius 3 is 3.05 bits per heavy atom. The van der Waals surface area contributed by atoms with Crippen molar-refractivity contribution in [3.8, 4) is 11.4 Å². The third-order valence-corrected chi connectivity index (χ3v) is 4.60. The van der Waals surface area contributed by atoms with E-state index in [1.165, 1.54) is 22.3 Å². The highest BCUT2D eigenvalue weighted by molar-refractivity contribution is 9.10. The van der Waals surface area contributed by atoms with E-state index in [1.54, 1.807) is 0 Å². The number of nitrogens with zero attached hydrogens (tertiary/aromatic N) is 1.